The van der Waals surface area contributed by atoms with Gasteiger partial charge in [-0.15, -0.1) is 16.4 Å². The van der Waals surface area contributed by atoms with Crippen LogP contribution in [0.15, 0.2) is 44.9 Å². The van der Waals surface area contributed by atoms with E-state index in [0.29, 0.717) is 10.6 Å². The van der Waals surface area contributed by atoms with Gasteiger partial charge in [0.15, 0.2) is 6.61 Å². The van der Waals surface area contributed by atoms with Crippen LogP contribution in [-0.2, 0) is 20.9 Å². The fourth-order valence-corrected chi connectivity index (χ4v) is 3.15. The lowest BCUT2D eigenvalue weighted by Crippen LogP contribution is -2.37. The van der Waals surface area contributed by atoms with Gasteiger partial charge >= 0.3 is 17.8 Å². The van der Waals surface area contributed by atoms with E-state index >= 15 is 0 Å². The van der Waals surface area contributed by atoms with E-state index < -0.39 is 30.3 Å². The third-order valence-electron chi connectivity index (χ3n) is 4.25. The van der Waals surface area contributed by atoms with Crippen LogP contribution in [0.3, 0.4) is 0 Å². The molecule has 31 heavy (non-hydrogen) atoms. The Balaban J connectivity index is 1.41. The number of hydrogen-bond donors (Lipinski definition) is 2. The van der Waals surface area contributed by atoms with Crippen LogP contribution in [0.5, 0.6) is 0 Å². The van der Waals surface area contributed by atoms with Crippen LogP contribution in [0.4, 0.5) is 10.5 Å². The van der Waals surface area contributed by atoms with Crippen molar-refractivity contribution in [2.24, 2.45) is 0 Å². The molecule has 0 bridgehead atoms. The third-order valence-corrected chi connectivity index (χ3v) is 5.11. The summed E-state index contributed by atoms with van der Waals surface area (Å²) < 4.78 is 10.9. The molecule has 0 fully saturated rings. The first-order valence-electron chi connectivity index (χ1n) is 9.27. The van der Waals surface area contributed by atoms with Crippen LogP contribution in [0.2, 0.25) is 0 Å². The third kappa shape index (κ3) is 6.12. The standard InChI is InChI=1S/C20H20N4O6S/c1-12-5-6-14(10-13(12)2)21-19(27)22-16(25)11-29-17(26)7-8-24-20(28)30-18(23-24)15-4-3-9-31-15/h3-6,9-10H,7-8,11H2,1-2H3,(H2,21,22,25,27). The van der Waals surface area contributed by atoms with Gasteiger partial charge in [0, 0.05) is 5.69 Å². The van der Waals surface area contributed by atoms with Crippen molar-refractivity contribution in [2.45, 2.75) is 26.8 Å². The number of nitrogens with zero attached hydrogens (tertiary/aromatic N) is 2. The maximum absolute atomic E-state index is 11.9. The monoisotopic (exact) mass is 444 g/mol. The van der Waals surface area contributed by atoms with Crippen molar-refractivity contribution < 1.29 is 23.5 Å². The van der Waals surface area contributed by atoms with Crippen LogP contribution < -0.4 is 16.4 Å². The fourth-order valence-electron chi connectivity index (χ4n) is 2.51. The lowest BCUT2D eigenvalue weighted by atomic mass is 10.1. The van der Waals surface area contributed by atoms with E-state index in [2.05, 4.69) is 15.7 Å². The average Bonchev–Trinajstić information content (AvgIpc) is 3.37. The Hall–Kier alpha value is -3.73. The van der Waals surface area contributed by atoms with Crippen molar-refractivity contribution in [3.8, 4) is 10.8 Å². The lowest BCUT2D eigenvalue weighted by Gasteiger charge is -2.09. The van der Waals surface area contributed by atoms with E-state index in [0.717, 1.165) is 15.8 Å². The first kappa shape index (κ1) is 22.0. The summed E-state index contributed by atoms with van der Waals surface area (Å²) in [6.45, 7) is 3.15. The highest BCUT2D eigenvalue weighted by Gasteiger charge is 2.14. The number of hydrogen-bond acceptors (Lipinski definition) is 8. The molecule has 0 unspecified atom stereocenters. The minimum atomic E-state index is -0.784. The zero-order chi connectivity index (χ0) is 22.4. The minimum absolute atomic E-state index is 0.0680. The molecule has 0 saturated heterocycles. The molecular formula is C20H20N4O6S. The Bertz CT molecular complexity index is 1150. The van der Waals surface area contributed by atoms with Crippen LogP contribution >= 0.6 is 11.3 Å². The van der Waals surface area contributed by atoms with Crippen LogP contribution in [0.1, 0.15) is 17.5 Å². The molecular weight excluding hydrogens is 424 g/mol. The van der Waals surface area contributed by atoms with Crippen LogP contribution in [0, 0.1) is 13.8 Å². The molecule has 10 nitrogen and oxygen atoms in total. The summed E-state index contributed by atoms with van der Waals surface area (Å²) in [6, 6.07) is 8.14. The van der Waals surface area contributed by atoms with Crippen molar-refractivity contribution in [3.63, 3.8) is 0 Å². The summed E-state index contributed by atoms with van der Waals surface area (Å²) in [6.07, 6.45) is -0.196. The molecule has 0 saturated carbocycles. The Morgan fingerprint density at radius 3 is 2.71 bits per heavy atom. The maximum atomic E-state index is 11.9. The molecule has 11 heteroatoms. The number of ether oxygens (including phenoxy) is 1. The van der Waals surface area contributed by atoms with E-state index in [1.165, 1.54) is 11.3 Å². The Morgan fingerprint density at radius 1 is 1.19 bits per heavy atom. The smallest absolute Gasteiger partial charge is 0.437 e. The second kappa shape index (κ2) is 9.85. The molecule has 1 aromatic carbocycles. The molecule has 162 valence electrons. The first-order chi connectivity index (χ1) is 14.8. The van der Waals surface area contributed by atoms with Gasteiger partial charge in [0.05, 0.1) is 17.8 Å². The number of rotatable bonds is 7. The number of aromatic nitrogens is 2. The van der Waals surface area contributed by atoms with Crippen LogP contribution in [0.25, 0.3) is 10.8 Å². The average molecular weight is 444 g/mol. The normalized spacial score (nSPS) is 10.5. The number of amides is 3. The molecule has 2 aromatic heterocycles. The Labute approximate surface area is 180 Å². The van der Waals surface area contributed by atoms with E-state index in [9.17, 15) is 19.2 Å². The molecule has 2 N–H and O–H groups in total. The largest absolute Gasteiger partial charge is 0.456 e. The zero-order valence-corrected chi connectivity index (χ0v) is 17.7. The van der Waals surface area contributed by atoms with E-state index in [1.54, 1.807) is 24.3 Å². The predicted octanol–water partition coefficient (Wildman–Crippen LogP) is 2.46. The van der Waals surface area contributed by atoms with E-state index in [1.807, 2.05) is 25.3 Å². The van der Waals surface area contributed by atoms with Gasteiger partial charge in [-0.25, -0.2) is 9.59 Å². The number of esters is 1. The quantitative estimate of drug-likeness (QED) is 0.535. The Morgan fingerprint density at radius 2 is 2.00 bits per heavy atom. The maximum Gasteiger partial charge on any atom is 0.437 e. The highest BCUT2D eigenvalue weighted by atomic mass is 32.1. The number of anilines is 1. The zero-order valence-electron chi connectivity index (χ0n) is 16.8. The summed E-state index contributed by atoms with van der Waals surface area (Å²) >= 11 is 1.36. The molecule has 0 aliphatic carbocycles. The molecule has 0 spiro atoms. The topological polar surface area (TPSA) is 133 Å². The number of carbonyl (C=O) groups is 3. The first-order valence-corrected chi connectivity index (χ1v) is 10.2. The molecule has 0 aliphatic heterocycles. The number of aryl methyl sites for hydroxylation is 3. The van der Waals surface area contributed by atoms with Crippen molar-refractivity contribution in [1.29, 1.82) is 0 Å². The summed E-state index contributed by atoms with van der Waals surface area (Å²) in [7, 11) is 0. The molecule has 2 heterocycles. The van der Waals surface area contributed by atoms with Gasteiger partial charge in [0.2, 0.25) is 0 Å². The lowest BCUT2D eigenvalue weighted by molar-refractivity contribution is -0.148. The summed E-state index contributed by atoms with van der Waals surface area (Å²) in [4.78, 5) is 48.0. The molecule has 0 radical (unpaired) electrons. The number of nitrogens with one attached hydrogen (secondary N) is 2. The summed E-state index contributed by atoms with van der Waals surface area (Å²) in [5.41, 5.74) is 2.60. The van der Waals surface area contributed by atoms with Gasteiger partial charge in [-0.1, -0.05) is 12.1 Å². The van der Waals surface area contributed by atoms with Gasteiger partial charge in [-0.3, -0.25) is 14.9 Å². The number of thiophene rings is 1. The minimum Gasteiger partial charge on any atom is -0.456 e. The highest BCUT2D eigenvalue weighted by molar-refractivity contribution is 7.13. The van der Waals surface area contributed by atoms with E-state index in [4.69, 9.17) is 9.15 Å². The molecule has 3 aromatic rings. The van der Waals surface area contributed by atoms with Crippen molar-refractivity contribution in [2.75, 3.05) is 11.9 Å². The fraction of sp³-hybridized carbons (Fsp3) is 0.250. The SMILES string of the molecule is Cc1ccc(NC(=O)NC(=O)COC(=O)CCn2nc(-c3cccs3)oc2=O)cc1C. The van der Waals surface area contributed by atoms with Crippen LogP contribution in [-0.4, -0.2) is 34.3 Å². The summed E-state index contributed by atoms with van der Waals surface area (Å²) in [5.74, 6) is -2.04. The number of imide groups is 1. The molecule has 3 amide bonds. The predicted molar refractivity (Wildman–Crippen MR) is 113 cm³/mol. The number of benzene rings is 1. The van der Waals surface area contributed by atoms with Crippen molar-refractivity contribution in [3.05, 3.63) is 57.4 Å². The molecule has 3 rings (SSSR count). The Kier molecular flexibility index (Phi) is 6.98. The van der Waals surface area contributed by atoms with Gasteiger partial charge in [0.25, 0.3) is 11.8 Å². The van der Waals surface area contributed by atoms with Gasteiger partial charge in [-0.05, 0) is 48.6 Å². The second-order valence-electron chi connectivity index (χ2n) is 6.59. The summed E-state index contributed by atoms with van der Waals surface area (Å²) in [5, 5.41) is 10.4. The van der Waals surface area contributed by atoms with Crippen molar-refractivity contribution in [1.82, 2.24) is 15.1 Å². The van der Waals surface area contributed by atoms with Gasteiger partial charge < -0.3 is 14.5 Å². The van der Waals surface area contributed by atoms with Crippen molar-refractivity contribution >= 4 is 34.9 Å². The number of carbonyl (C=O) groups excluding carboxylic acids is 3. The van der Waals surface area contributed by atoms with E-state index in [-0.39, 0.29) is 18.9 Å². The molecule has 0 aliphatic rings. The van der Waals surface area contributed by atoms with Gasteiger partial charge in [-0.2, -0.15) is 4.68 Å². The second-order valence-corrected chi connectivity index (χ2v) is 7.53. The van der Waals surface area contributed by atoms with Gasteiger partial charge in [0.1, 0.15) is 0 Å². The number of urea groups is 1. The highest BCUT2D eigenvalue weighted by Crippen LogP contribution is 2.21. The molecule has 0 atom stereocenters.